The van der Waals surface area contributed by atoms with Gasteiger partial charge in [0.15, 0.2) is 11.8 Å². The molecule has 6 nitrogen and oxygen atoms in total. The van der Waals surface area contributed by atoms with Crippen LogP contribution >= 0.6 is 0 Å². The van der Waals surface area contributed by atoms with Gasteiger partial charge in [-0.15, -0.1) is 0 Å². The summed E-state index contributed by atoms with van der Waals surface area (Å²) in [5.74, 6) is -3.45. The fourth-order valence-electron chi connectivity index (χ4n) is 2.05. The van der Waals surface area contributed by atoms with Gasteiger partial charge in [0, 0.05) is 0 Å². The lowest BCUT2D eigenvalue weighted by atomic mass is 10.0. The van der Waals surface area contributed by atoms with Crippen molar-refractivity contribution in [3.05, 3.63) is 71.8 Å². The summed E-state index contributed by atoms with van der Waals surface area (Å²) in [7, 11) is 0. The summed E-state index contributed by atoms with van der Waals surface area (Å²) in [5.41, 5.74) is 1.20. The van der Waals surface area contributed by atoms with Crippen molar-refractivity contribution in [3.8, 4) is 12.1 Å². The van der Waals surface area contributed by atoms with Crippen LogP contribution in [0.15, 0.2) is 60.7 Å². The molecule has 0 radical (unpaired) electrons. The van der Waals surface area contributed by atoms with Crippen molar-refractivity contribution in [1.82, 2.24) is 0 Å². The Kier molecular flexibility index (Phi) is 8.64. The summed E-state index contributed by atoms with van der Waals surface area (Å²) in [6, 6.07) is 21.0. The maximum atomic E-state index is 11.3. The molecule has 0 fully saturated rings. The molecule has 132 valence electrons. The maximum Gasteiger partial charge on any atom is 0.327 e. The molecule has 0 saturated carbocycles. The van der Waals surface area contributed by atoms with Crippen molar-refractivity contribution in [3.63, 3.8) is 0 Å². The van der Waals surface area contributed by atoms with E-state index in [-0.39, 0.29) is 0 Å². The molecule has 2 rings (SSSR count). The Morgan fingerprint density at radius 1 is 0.923 bits per heavy atom. The summed E-state index contributed by atoms with van der Waals surface area (Å²) in [6.45, 7) is 2.02. The molecular formula is C20H18N2O4. The Labute approximate surface area is 151 Å². The van der Waals surface area contributed by atoms with Crippen molar-refractivity contribution in [1.29, 1.82) is 10.5 Å². The maximum absolute atomic E-state index is 11.3. The largest absolute Gasteiger partial charge is 0.480 e. The van der Waals surface area contributed by atoms with Gasteiger partial charge in [-0.2, -0.15) is 10.5 Å². The van der Waals surface area contributed by atoms with Crippen LogP contribution in [-0.2, 0) is 14.3 Å². The van der Waals surface area contributed by atoms with E-state index in [0.717, 1.165) is 0 Å². The second-order valence-corrected chi connectivity index (χ2v) is 5.04. The van der Waals surface area contributed by atoms with E-state index in [2.05, 4.69) is 0 Å². The smallest absolute Gasteiger partial charge is 0.327 e. The highest BCUT2D eigenvalue weighted by Crippen LogP contribution is 2.16. The quantitative estimate of drug-likeness (QED) is 0.829. The van der Waals surface area contributed by atoms with Crippen molar-refractivity contribution >= 4 is 11.9 Å². The van der Waals surface area contributed by atoms with Crippen LogP contribution in [0.2, 0.25) is 0 Å². The SMILES string of the molecule is CCOC(=O)C(C#N)c1ccccc1.N#CC(C(=O)O)c1ccccc1. The first-order valence-corrected chi connectivity index (χ1v) is 7.83. The van der Waals surface area contributed by atoms with E-state index in [1.54, 1.807) is 67.6 Å². The zero-order valence-corrected chi connectivity index (χ0v) is 14.2. The van der Waals surface area contributed by atoms with Gasteiger partial charge >= 0.3 is 11.9 Å². The van der Waals surface area contributed by atoms with Crippen LogP contribution in [0.4, 0.5) is 0 Å². The third kappa shape index (κ3) is 6.10. The topological polar surface area (TPSA) is 111 Å². The molecule has 0 spiro atoms. The zero-order valence-electron chi connectivity index (χ0n) is 14.2. The predicted molar refractivity (Wildman–Crippen MR) is 93.9 cm³/mol. The first kappa shape index (κ1) is 20.4. The number of rotatable bonds is 5. The Bertz CT molecular complexity index is 792. The molecule has 0 amide bonds. The molecular weight excluding hydrogens is 332 g/mol. The molecule has 0 heterocycles. The molecule has 26 heavy (non-hydrogen) atoms. The van der Waals surface area contributed by atoms with Crippen molar-refractivity contribution in [2.75, 3.05) is 6.61 Å². The van der Waals surface area contributed by atoms with Gasteiger partial charge in [0.05, 0.1) is 18.7 Å². The lowest BCUT2D eigenvalue weighted by molar-refractivity contribution is -0.143. The Morgan fingerprint density at radius 3 is 1.69 bits per heavy atom. The zero-order chi connectivity index (χ0) is 19.4. The van der Waals surface area contributed by atoms with E-state index in [0.29, 0.717) is 17.7 Å². The minimum absolute atomic E-state index is 0.295. The molecule has 0 aliphatic carbocycles. The number of benzene rings is 2. The summed E-state index contributed by atoms with van der Waals surface area (Å²) < 4.78 is 4.79. The van der Waals surface area contributed by atoms with Crippen LogP contribution < -0.4 is 0 Å². The minimum Gasteiger partial charge on any atom is -0.480 e. The average molecular weight is 350 g/mol. The number of carboxylic acid groups (broad SMARTS) is 1. The standard InChI is InChI=1S/C11H11NO2.C9H7NO2/c1-2-14-11(13)10(8-12)9-6-4-3-5-7-9;10-6-8(9(11)12)7-4-2-1-3-5-7/h3-7,10H,2H2,1H3;1-5,8H,(H,11,12). The fraction of sp³-hybridized carbons (Fsp3) is 0.200. The summed E-state index contributed by atoms with van der Waals surface area (Å²) in [5, 5.41) is 25.9. The molecule has 2 aromatic rings. The summed E-state index contributed by atoms with van der Waals surface area (Å²) in [4.78, 5) is 21.8. The van der Waals surface area contributed by atoms with Gasteiger partial charge < -0.3 is 9.84 Å². The van der Waals surface area contributed by atoms with Gasteiger partial charge in [-0.3, -0.25) is 9.59 Å². The van der Waals surface area contributed by atoms with E-state index in [4.69, 9.17) is 20.4 Å². The number of carbonyl (C=O) groups is 2. The van der Waals surface area contributed by atoms with E-state index in [1.165, 1.54) is 0 Å². The van der Waals surface area contributed by atoms with Gasteiger partial charge in [0.25, 0.3) is 0 Å². The summed E-state index contributed by atoms with van der Waals surface area (Å²) >= 11 is 0. The second-order valence-electron chi connectivity index (χ2n) is 5.04. The second kappa shape index (κ2) is 11.0. The number of esters is 1. The number of nitrogens with zero attached hydrogens (tertiary/aromatic N) is 2. The number of nitriles is 2. The number of ether oxygens (including phenoxy) is 1. The van der Waals surface area contributed by atoms with Crippen LogP contribution in [0, 0.1) is 22.7 Å². The highest BCUT2D eigenvalue weighted by Gasteiger charge is 2.20. The van der Waals surface area contributed by atoms with Crippen molar-refractivity contribution in [2.24, 2.45) is 0 Å². The number of hydrogen-bond acceptors (Lipinski definition) is 5. The van der Waals surface area contributed by atoms with E-state index < -0.39 is 23.8 Å². The third-order valence-corrected chi connectivity index (χ3v) is 3.29. The third-order valence-electron chi connectivity index (χ3n) is 3.29. The molecule has 1 N–H and O–H groups in total. The van der Waals surface area contributed by atoms with Gasteiger partial charge in [0.2, 0.25) is 0 Å². The first-order valence-electron chi connectivity index (χ1n) is 7.83. The predicted octanol–water partition coefficient (Wildman–Crippen LogP) is 3.24. The molecule has 2 unspecified atom stereocenters. The molecule has 0 bridgehead atoms. The number of carboxylic acids is 1. The Hall–Kier alpha value is -3.64. The lowest BCUT2D eigenvalue weighted by Crippen LogP contribution is -2.14. The monoisotopic (exact) mass is 350 g/mol. The molecule has 0 saturated heterocycles. The highest BCUT2D eigenvalue weighted by molar-refractivity contribution is 5.81. The molecule has 0 aliphatic rings. The van der Waals surface area contributed by atoms with Crippen LogP contribution in [-0.4, -0.2) is 23.7 Å². The van der Waals surface area contributed by atoms with Crippen LogP contribution in [0.5, 0.6) is 0 Å². The minimum atomic E-state index is -1.11. The van der Waals surface area contributed by atoms with E-state index in [9.17, 15) is 9.59 Å². The molecule has 0 aromatic heterocycles. The van der Waals surface area contributed by atoms with Crippen molar-refractivity contribution < 1.29 is 19.4 Å². The van der Waals surface area contributed by atoms with Gasteiger partial charge in [0.1, 0.15) is 0 Å². The van der Waals surface area contributed by atoms with Gasteiger partial charge in [-0.1, -0.05) is 60.7 Å². The Morgan fingerprint density at radius 2 is 1.35 bits per heavy atom. The molecule has 0 aliphatic heterocycles. The van der Waals surface area contributed by atoms with Gasteiger partial charge in [-0.05, 0) is 18.1 Å². The van der Waals surface area contributed by atoms with Crippen LogP contribution in [0.1, 0.15) is 29.9 Å². The summed E-state index contributed by atoms with van der Waals surface area (Å²) in [6.07, 6.45) is 0. The Balaban J connectivity index is 0.000000263. The van der Waals surface area contributed by atoms with Crippen molar-refractivity contribution in [2.45, 2.75) is 18.8 Å². The normalized spacial score (nSPS) is 11.5. The highest BCUT2D eigenvalue weighted by atomic mass is 16.5. The number of aliphatic carboxylic acids is 1. The number of carbonyl (C=O) groups excluding carboxylic acids is 1. The van der Waals surface area contributed by atoms with E-state index in [1.807, 2.05) is 12.1 Å². The van der Waals surface area contributed by atoms with Crippen LogP contribution in [0.3, 0.4) is 0 Å². The average Bonchev–Trinajstić information content (AvgIpc) is 2.65. The molecule has 6 heteroatoms. The molecule has 2 atom stereocenters. The van der Waals surface area contributed by atoms with E-state index >= 15 is 0 Å². The molecule has 2 aromatic carbocycles. The number of hydrogen-bond donors (Lipinski definition) is 1. The first-order chi connectivity index (χ1) is 12.5. The van der Waals surface area contributed by atoms with Crippen LogP contribution in [0.25, 0.3) is 0 Å². The lowest BCUT2D eigenvalue weighted by Gasteiger charge is -2.07. The van der Waals surface area contributed by atoms with Gasteiger partial charge in [-0.25, -0.2) is 0 Å². The fourth-order valence-corrected chi connectivity index (χ4v) is 2.05.